The number of hydrogen-bond donors (Lipinski definition) is 2. The molecule has 5 nitrogen and oxygen atoms in total. The third kappa shape index (κ3) is 3.20. The lowest BCUT2D eigenvalue weighted by atomic mass is 10.2. The van der Waals surface area contributed by atoms with Crippen LogP contribution in [-0.4, -0.2) is 28.0 Å². The molecule has 0 aromatic carbocycles. The second-order valence-electron chi connectivity index (χ2n) is 3.13. The van der Waals surface area contributed by atoms with Gasteiger partial charge in [0.25, 0.3) is 5.91 Å². The Morgan fingerprint density at radius 1 is 1.56 bits per heavy atom. The molecule has 1 rings (SSSR count). The monoisotopic (exact) mass is 242 g/mol. The molecule has 86 valence electrons. The number of carboxylic acids is 1. The van der Waals surface area contributed by atoms with E-state index in [0.29, 0.717) is 11.4 Å². The molecule has 1 aromatic rings. The lowest BCUT2D eigenvalue weighted by molar-refractivity contribution is -0.139. The summed E-state index contributed by atoms with van der Waals surface area (Å²) in [6, 6.07) is 2.06. The average molecular weight is 243 g/mol. The van der Waals surface area contributed by atoms with Crippen molar-refractivity contribution >= 4 is 23.5 Å². The van der Waals surface area contributed by atoms with E-state index in [0.717, 1.165) is 0 Å². The summed E-state index contributed by atoms with van der Waals surface area (Å²) in [6.07, 6.45) is 1.65. The molecule has 0 bridgehead atoms. The molecule has 16 heavy (non-hydrogen) atoms. The summed E-state index contributed by atoms with van der Waals surface area (Å²) in [6.45, 7) is 1.67. The van der Waals surface area contributed by atoms with Crippen LogP contribution in [0.3, 0.4) is 0 Å². The van der Waals surface area contributed by atoms with Crippen molar-refractivity contribution in [2.24, 2.45) is 0 Å². The number of nitrogens with zero attached hydrogens (tertiary/aromatic N) is 1. The molecule has 6 heteroatoms. The summed E-state index contributed by atoms with van der Waals surface area (Å²) in [4.78, 5) is 26.0. The quantitative estimate of drug-likeness (QED) is 0.835. The molecule has 0 unspecified atom stereocenters. The van der Waals surface area contributed by atoms with Crippen LogP contribution in [0.5, 0.6) is 0 Å². The molecule has 0 saturated heterocycles. The molecule has 1 heterocycles. The van der Waals surface area contributed by atoms with Gasteiger partial charge in [-0.05, 0) is 18.6 Å². The maximum Gasteiger partial charge on any atom is 0.326 e. The van der Waals surface area contributed by atoms with Crippen LogP contribution in [0.15, 0.2) is 18.3 Å². The Kier molecular flexibility index (Phi) is 4.25. The Morgan fingerprint density at radius 3 is 2.69 bits per heavy atom. The van der Waals surface area contributed by atoms with Gasteiger partial charge in [-0.15, -0.1) is 0 Å². The first-order valence-electron chi connectivity index (χ1n) is 4.69. The molecule has 0 aliphatic rings. The molecule has 0 radical (unpaired) electrons. The molecule has 1 atom stereocenters. The Bertz CT molecular complexity index is 392. The number of pyridine rings is 1. The Hall–Kier alpha value is -1.62. The first kappa shape index (κ1) is 12.4. The first-order valence-corrected chi connectivity index (χ1v) is 5.07. The van der Waals surface area contributed by atoms with Crippen molar-refractivity contribution in [3.05, 3.63) is 29.0 Å². The van der Waals surface area contributed by atoms with E-state index in [1.165, 1.54) is 18.3 Å². The van der Waals surface area contributed by atoms with Crippen LogP contribution in [0.2, 0.25) is 5.02 Å². The van der Waals surface area contributed by atoms with Crippen molar-refractivity contribution in [1.82, 2.24) is 10.3 Å². The molecule has 0 aliphatic heterocycles. The van der Waals surface area contributed by atoms with Gasteiger partial charge in [-0.3, -0.25) is 4.79 Å². The zero-order valence-corrected chi connectivity index (χ0v) is 9.36. The predicted molar refractivity (Wildman–Crippen MR) is 58.4 cm³/mol. The third-order valence-electron chi connectivity index (χ3n) is 1.97. The van der Waals surface area contributed by atoms with Gasteiger partial charge in [0.05, 0.1) is 5.02 Å². The summed E-state index contributed by atoms with van der Waals surface area (Å²) in [5, 5.41) is 11.5. The number of rotatable bonds is 4. The van der Waals surface area contributed by atoms with Crippen LogP contribution >= 0.6 is 11.6 Å². The Balaban J connectivity index is 2.71. The highest BCUT2D eigenvalue weighted by Gasteiger charge is 2.18. The van der Waals surface area contributed by atoms with Crippen molar-refractivity contribution < 1.29 is 14.7 Å². The minimum absolute atomic E-state index is 0.143. The number of aliphatic carboxylic acids is 1. The number of nitrogens with one attached hydrogen (secondary N) is 1. The van der Waals surface area contributed by atoms with Crippen LogP contribution < -0.4 is 5.32 Å². The van der Waals surface area contributed by atoms with Crippen molar-refractivity contribution in [2.45, 2.75) is 19.4 Å². The van der Waals surface area contributed by atoms with Crippen molar-refractivity contribution in [2.75, 3.05) is 0 Å². The molecule has 0 spiro atoms. The molecule has 1 amide bonds. The van der Waals surface area contributed by atoms with E-state index in [9.17, 15) is 9.59 Å². The number of carboxylic acid groups (broad SMARTS) is 1. The molecule has 0 saturated carbocycles. The van der Waals surface area contributed by atoms with E-state index in [2.05, 4.69) is 10.3 Å². The Morgan fingerprint density at radius 2 is 2.25 bits per heavy atom. The number of amides is 1. The molecule has 2 N–H and O–H groups in total. The zero-order chi connectivity index (χ0) is 12.1. The molecule has 1 aromatic heterocycles. The van der Waals surface area contributed by atoms with E-state index in [4.69, 9.17) is 16.7 Å². The second-order valence-corrected chi connectivity index (χ2v) is 3.57. The maximum absolute atomic E-state index is 11.5. The van der Waals surface area contributed by atoms with Gasteiger partial charge in [0.2, 0.25) is 0 Å². The minimum Gasteiger partial charge on any atom is -0.480 e. The minimum atomic E-state index is -1.06. The fourth-order valence-electron chi connectivity index (χ4n) is 1.08. The summed E-state index contributed by atoms with van der Waals surface area (Å²) in [5.74, 6) is -1.59. The van der Waals surface area contributed by atoms with Crippen LogP contribution in [-0.2, 0) is 4.79 Å². The molecular weight excluding hydrogens is 232 g/mol. The predicted octanol–water partition coefficient (Wildman–Crippen LogP) is 1.33. The highest BCUT2D eigenvalue weighted by Crippen LogP contribution is 2.06. The summed E-state index contributed by atoms with van der Waals surface area (Å²) in [5.41, 5.74) is 0.143. The van der Waals surface area contributed by atoms with E-state index in [1.807, 2.05) is 0 Å². The lowest BCUT2D eigenvalue weighted by Gasteiger charge is -2.11. The van der Waals surface area contributed by atoms with Gasteiger partial charge in [0.1, 0.15) is 11.7 Å². The maximum atomic E-state index is 11.5. The smallest absolute Gasteiger partial charge is 0.326 e. The molecular formula is C10H11ClN2O3. The highest BCUT2D eigenvalue weighted by molar-refractivity contribution is 6.30. The van der Waals surface area contributed by atoms with E-state index in [1.54, 1.807) is 6.92 Å². The van der Waals surface area contributed by atoms with Gasteiger partial charge in [-0.1, -0.05) is 18.5 Å². The van der Waals surface area contributed by atoms with Crippen LogP contribution in [0.1, 0.15) is 23.8 Å². The SMILES string of the molecule is CC[C@@H](NC(=O)c1ccc(Cl)cn1)C(=O)O. The van der Waals surface area contributed by atoms with Crippen molar-refractivity contribution in [1.29, 1.82) is 0 Å². The summed E-state index contributed by atoms with van der Waals surface area (Å²) >= 11 is 5.61. The fraction of sp³-hybridized carbons (Fsp3) is 0.300. The third-order valence-corrected chi connectivity index (χ3v) is 2.20. The summed E-state index contributed by atoms with van der Waals surface area (Å²) in [7, 11) is 0. The highest BCUT2D eigenvalue weighted by atomic mass is 35.5. The van der Waals surface area contributed by atoms with E-state index >= 15 is 0 Å². The zero-order valence-electron chi connectivity index (χ0n) is 8.61. The van der Waals surface area contributed by atoms with Gasteiger partial charge in [-0.2, -0.15) is 0 Å². The topological polar surface area (TPSA) is 79.3 Å². The van der Waals surface area contributed by atoms with Crippen LogP contribution in [0, 0.1) is 0 Å². The number of carbonyl (C=O) groups is 2. The molecule has 0 aliphatic carbocycles. The summed E-state index contributed by atoms with van der Waals surface area (Å²) < 4.78 is 0. The first-order chi connectivity index (χ1) is 7.54. The average Bonchev–Trinajstić information content (AvgIpc) is 2.26. The lowest BCUT2D eigenvalue weighted by Crippen LogP contribution is -2.40. The second kappa shape index (κ2) is 5.46. The van der Waals surface area contributed by atoms with Crippen LogP contribution in [0.4, 0.5) is 0 Å². The molecule has 0 fully saturated rings. The number of hydrogen-bond acceptors (Lipinski definition) is 3. The largest absolute Gasteiger partial charge is 0.480 e. The van der Waals surface area contributed by atoms with Crippen molar-refractivity contribution in [3.8, 4) is 0 Å². The number of halogens is 1. The van der Waals surface area contributed by atoms with E-state index in [-0.39, 0.29) is 5.69 Å². The van der Waals surface area contributed by atoms with Gasteiger partial charge < -0.3 is 10.4 Å². The Labute approximate surface area is 97.4 Å². The van der Waals surface area contributed by atoms with Crippen molar-refractivity contribution in [3.63, 3.8) is 0 Å². The van der Waals surface area contributed by atoms with E-state index < -0.39 is 17.9 Å². The normalized spacial score (nSPS) is 11.9. The fourth-order valence-corrected chi connectivity index (χ4v) is 1.19. The standard InChI is InChI=1S/C10H11ClN2O3/c1-2-7(10(15)16)13-9(14)8-4-3-6(11)5-12-8/h3-5,7H,2H2,1H3,(H,13,14)(H,15,16)/t7-/m1/s1. The van der Waals surface area contributed by atoms with Crippen LogP contribution in [0.25, 0.3) is 0 Å². The number of carbonyl (C=O) groups excluding carboxylic acids is 1. The van der Waals surface area contributed by atoms with Gasteiger partial charge >= 0.3 is 5.97 Å². The number of aromatic nitrogens is 1. The van der Waals surface area contributed by atoms with Gasteiger partial charge in [0.15, 0.2) is 0 Å². The van der Waals surface area contributed by atoms with Gasteiger partial charge in [0, 0.05) is 6.20 Å². The van der Waals surface area contributed by atoms with Gasteiger partial charge in [-0.25, -0.2) is 9.78 Å².